The van der Waals surface area contributed by atoms with Gasteiger partial charge in [0.1, 0.15) is 15.8 Å². The van der Waals surface area contributed by atoms with E-state index in [0.717, 1.165) is 23.3 Å². The first-order valence-electron chi connectivity index (χ1n) is 14.6. The number of hydrogen-bond donors (Lipinski definition) is 5. The minimum absolute atomic E-state index is 0. The smallest absolute Gasteiger partial charge is 0.478 e. The summed E-state index contributed by atoms with van der Waals surface area (Å²) in [6.45, 7) is 0. The number of fused-ring (bicyclic) bond motifs is 1. The number of anilines is 3. The first-order valence-corrected chi connectivity index (χ1v) is 16.1. The third-order valence-electron chi connectivity index (χ3n) is 7.44. The molecule has 14 nitrogen and oxygen atoms in total. The van der Waals surface area contributed by atoms with Gasteiger partial charge in [-0.3, -0.25) is 35.2 Å². The molecule has 0 unspecified atom stereocenters. The molecule has 1 aliphatic carbocycles. The van der Waals surface area contributed by atoms with E-state index in [2.05, 4.69) is 31.6 Å². The molecule has 0 fully saturated rings. The Morgan fingerprint density at radius 3 is 1.88 bits per heavy atom. The Morgan fingerprint density at radius 1 is 0.667 bits per heavy atom. The molecule has 0 bridgehead atoms. The summed E-state index contributed by atoms with van der Waals surface area (Å²) in [5, 5.41) is 21.5. The van der Waals surface area contributed by atoms with E-state index >= 15 is 0 Å². The van der Waals surface area contributed by atoms with Crippen molar-refractivity contribution in [3.8, 4) is 11.1 Å². The number of aliphatic carboxylic acids is 1. The van der Waals surface area contributed by atoms with Gasteiger partial charge < -0.3 is 5.11 Å². The zero-order chi connectivity index (χ0) is 35.4. The van der Waals surface area contributed by atoms with Gasteiger partial charge >= 0.3 is 35.5 Å². The van der Waals surface area contributed by atoms with E-state index in [1.54, 1.807) is 42.5 Å². The van der Waals surface area contributed by atoms with Crippen molar-refractivity contribution < 1.29 is 57.2 Å². The largest absolute Gasteiger partial charge is 1.00 e. The minimum atomic E-state index is -4.50. The molecule has 0 saturated carbocycles. The number of hydrogen-bond acceptors (Lipinski definition) is 12. The van der Waals surface area contributed by atoms with Crippen molar-refractivity contribution in [1.82, 2.24) is 0 Å². The Hall–Kier alpha value is -5.84. The number of carboxylic acids is 1. The average molecular weight is 712 g/mol. The molecule has 0 heterocycles. The molecule has 51 heavy (non-hydrogen) atoms. The van der Waals surface area contributed by atoms with Gasteiger partial charge in [-0.05, 0) is 77.9 Å². The number of nitrogens with one attached hydrogen (secondary N) is 3. The van der Waals surface area contributed by atoms with Crippen LogP contribution in [0.15, 0.2) is 151 Å². The molecule has 1 aliphatic rings. The predicted octanol–water partition coefficient (Wildman–Crippen LogP) is 0.127. The molecular weight excluding hydrogens is 687 g/mol. The van der Waals surface area contributed by atoms with Crippen LogP contribution in [0.2, 0.25) is 0 Å². The maximum absolute atomic E-state index is 13.1. The molecule has 5 aromatic rings. The van der Waals surface area contributed by atoms with Gasteiger partial charge in [-0.1, -0.05) is 48.5 Å². The number of ketones is 1. The SMILES string of the molecule is O=C(O)C1=C/C(=N\Nc2ccc(-c3ccc(N/N=c4/ccc(=O)/c(=N\Nc5ccc(S(=O)(=O)O)c6ccccc56)c4=O)cc3)cc2)C=CC1=O.[Na+]. The van der Waals surface area contributed by atoms with Crippen molar-refractivity contribution in [1.29, 1.82) is 0 Å². The van der Waals surface area contributed by atoms with Crippen LogP contribution in [-0.4, -0.2) is 35.5 Å². The van der Waals surface area contributed by atoms with Crippen LogP contribution >= 0.6 is 0 Å². The van der Waals surface area contributed by atoms with Crippen molar-refractivity contribution in [2.75, 3.05) is 16.3 Å². The summed E-state index contributed by atoms with van der Waals surface area (Å²) in [5.74, 6) is -1.92. The zero-order valence-corrected chi connectivity index (χ0v) is 29.4. The Balaban J connectivity index is 0.00000504. The average Bonchev–Trinajstić information content (AvgIpc) is 3.10. The predicted molar refractivity (Wildman–Crippen MR) is 186 cm³/mol. The molecule has 0 aliphatic heterocycles. The summed E-state index contributed by atoms with van der Waals surface area (Å²) >= 11 is 0. The van der Waals surface area contributed by atoms with Gasteiger partial charge in [-0.15, -0.1) is 0 Å². The quantitative estimate of drug-likeness (QED) is 0.0455. The second-order valence-electron chi connectivity index (χ2n) is 10.7. The third-order valence-corrected chi connectivity index (χ3v) is 8.35. The number of carbonyl (C=O) groups is 2. The number of allylic oxidation sites excluding steroid dienone is 3. The van der Waals surface area contributed by atoms with Gasteiger partial charge in [0.05, 0.1) is 22.8 Å². The van der Waals surface area contributed by atoms with E-state index in [1.165, 1.54) is 36.4 Å². The summed E-state index contributed by atoms with van der Waals surface area (Å²) in [6, 6.07) is 25.8. The van der Waals surface area contributed by atoms with E-state index < -0.39 is 38.1 Å². The molecule has 16 heteroatoms. The summed E-state index contributed by atoms with van der Waals surface area (Å²) in [7, 11) is -4.50. The van der Waals surface area contributed by atoms with Gasteiger partial charge in [0, 0.05) is 10.8 Å². The Labute approximate surface area is 310 Å². The Bertz CT molecular complexity index is 2630. The van der Waals surface area contributed by atoms with Crippen LogP contribution in [0.3, 0.4) is 0 Å². The second-order valence-corrected chi connectivity index (χ2v) is 12.1. The van der Waals surface area contributed by atoms with Crippen LogP contribution < -0.4 is 67.4 Å². The molecule has 0 aromatic heterocycles. The Kier molecular flexibility index (Phi) is 11.0. The van der Waals surface area contributed by atoms with E-state index in [1.807, 2.05) is 24.3 Å². The number of benzene rings is 5. The van der Waals surface area contributed by atoms with E-state index in [9.17, 15) is 32.1 Å². The van der Waals surface area contributed by atoms with Crippen LogP contribution in [0.25, 0.3) is 21.9 Å². The topological polar surface area (TPSA) is 216 Å². The number of hydrazone groups is 1. The van der Waals surface area contributed by atoms with Crippen LogP contribution in [0, 0.1) is 0 Å². The maximum atomic E-state index is 13.1. The van der Waals surface area contributed by atoms with Crippen molar-refractivity contribution in [3.05, 3.63) is 152 Å². The van der Waals surface area contributed by atoms with Gasteiger partial charge in [-0.25, -0.2) is 4.79 Å². The van der Waals surface area contributed by atoms with Gasteiger partial charge in [0.2, 0.25) is 10.9 Å². The first-order chi connectivity index (χ1) is 24.0. The number of carboxylic acid groups (broad SMARTS) is 1. The van der Waals surface area contributed by atoms with Crippen molar-refractivity contribution in [2.24, 2.45) is 15.3 Å². The third kappa shape index (κ3) is 8.31. The number of carbonyl (C=O) groups excluding carboxylic acids is 1. The molecule has 0 radical (unpaired) electrons. The molecule has 0 atom stereocenters. The van der Waals surface area contributed by atoms with Crippen LogP contribution in [0.1, 0.15) is 0 Å². The molecule has 5 N–H and O–H groups in total. The second kappa shape index (κ2) is 15.4. The zero-order valence-electron chi connectivity index (χ0n) is 26.6. The van der Waals surface area contributed by atoms with Crippen LogP contribution in [-0.2, 0) is 19.7 Å². The molecular formula is C35H24N6NaO8S+. The summed E-state index contributed by atoms with van der Waals surface area (Å²) in [4.78, 5) is 48.2. The van der Waals surface area contributed by atoms with Crippen molar-refractivity contribution in [3.63, 3.8) is 0 Å². The fourth-order valence-electron chi connectivity index (χ4n) is 4.93. The fraction of sp³-hybridized carbons (Fsp3) is 0. The molecule has 248 valence electrons. The maximum Gasteiger partial charge on any atom is 1.00 e. The van der Waals surface area contributed by atoms with Gasteiger partial charge in [-0.2, -0.15) is 23.7 Å². The van der Waals surface area contributed by atoms with Crippen molar-refractivity contribution >= 4 is 55.4 Å². The molecule has 0 spiro atoms. The molecule has 0 saturated heterocycles. The van der Waals surface area contributed by atoms with E-state index in [4.69, 9.17) is 5.11 Å². The van der Waals surface area contributed by atoms with Crippen molar-refractivity contribution in [2.45, 2.75) is 4.90 Å². The summed E-state index contributed by atoms with van der Waals surface area (Å²) < 4.78 is 33.2. The molecule has 0 amide bonds. The van der Waals surface area contributed by atoms with Crippen LogP contribution in [0.5, 0.6) is 0 Å². The van der Waals surface area contributed by atoms with Gasteiger partial charge in [0.25, 0.3) is 10.1 Å². The molecule has 6 rings (SSSR count). The monoisotopic (exact) mass is 711 g/mol. The normalized spacial score (nSPS) is 14.3. The summed E-state index contributed by atoms with van der Waals surface area (Å²) in [5.41, 5.74) is 10.1. The standard InChI is InChI=1S/C35H24N6O8S.Na/c42-30-16-13-24(19-27(30)35(45)46)38-36-22-9-5-20(6-10-22)21-7-11-23(12-8-21)37-40-29-14-17-31(43)33(34(29)44)41-39-28-15-18-32(50(47,48)49)26-4-2-1-3-25(26)28;/h1-19,36-37,39H,(H,45,46)(H,47,48,49);/q;+1/b38-24-,40-29-,41-33+;. The van der Waals surface area contributed by atoms with Gasteiger partial charge in [0.15, 0.2) is 11.1 Å². The van der Waals surface area contributed by atoms with E-state index in [0.29, 0.717) is 22.4 Å². The number of nitrogens with zero attached hydrogens (tertiary/aromatic N) is 3. The first kappa shape index (κ1) is 36.4. The number of rotatable bonds is 9. The minimum Gasteiger partial charge on any atom is -0.478 e. The van der Waals surface area contributed by atoms with Crippen LogP contribution in [0.4, 0.5) is 17.1 Å². The van der Waals surface area contributed by atoms with E-state index in [-0.39, 0.29) is 56.5 Å². The summed E-state index contributed by atoms with van der Waals surface area (Å²) in [6.07, 6.45) is 3.76. The fourth-order valence-corrected chi connectivity index (χ4v) is 5.63. The molecule has 5 aromatic carbocycles. The Morgan fingerprint density at radius 2 is 1.27 bits per heavy atom.